The van der Waals surface area contributed by atoms with Crippen LogP contribution in [0.5, 0.6) is 5.75 Å². The number of hydrogen-bond acceptors (Lipinski definition) is 3. The second kappa shape index (κ2) is 4.79. The molecule has 1 N–H and O–H groups in total. The maximum atomic E-state index is 10.9. The quantitative estimate of drug-likeness (QED) is 0.633. The maximum absolute atomic E-state index is 10.9. The van der Waals surface area contributed by atoms with E-state index in [0.717, 1.165) is 5.56 Å². The summed E-state index contributed by atoms with van der Waals surface area (Å²) in [5.41, 5.74) is 1.21. The van der Waals surface area contributed by atoms with Crippen molar-refractivity contribution in [3.63, 3.8) is 0 Å². The van der Waals surface area contributed by atoms with Gasteiger partial charge in [-0.05, 0) is 24.6 Å². The Morgan fingerprint density at radius 1 is 1.53 bits per heavy atom. The second-order valence-corrected chi connectivity index (χ2v) is 3.32. The molecule has 5 heteroatoms. The highest BCUT2D eigenvalue weighted by Crippen LogP contribution is 2.30. The van der Waals surface area contributed by atoms with Gasteiger partial charge >= 0.3 is 0 Å². The molecule has 0 aliphatic rings. The van der Waals surface area contributed by atoms with E-state index in [9.17, 15) is 9.59 Å². The zero-order chi connectivity index (χ0) is 11.4. The topological polar surface area (TPSA) is 55.4 Å². The molecule has 0 unspecified atom stereocenters. The zero-order valence-corrected chi connectivity index (χ0v) is 9.09. The van der Waals surface area contributed by atoms with Crippen LogP contribution >= 0.6 is 11.6 Å². The first kappa shape index (κ1) is 11.5. The molecule has 0 spiro atoms. The Labute approximate surface area is 92.2 Å². The van der Waals surface area contributed by atoms with Crippen molar-refractivity contribution < 1.29 is 14.3 Å². The van der Waals surface area contributed by atoms with Crippen molar-refractivity contribution in [1.29, 1.82) is 0 Å². The lowest BCUT2D eigenvalue weighted by Gasteiger charge is -2.10. The summed E-state index contributed by atoms with van der Waals surface area (Å²) < 4.78 is 5.04. The molecule has 0 heterocycles. The molecule has 1 aromatic carbocycles. The fraction of sp³-hybridized carbons (Fsp3) is 0.200. The van der Waals surface area contributed by atoms with Gasteiger partial charge in [-0.15, -0.1) is 0 Å². The summed E-state index contributed by atoms with van der Waals surface area (Å²) in [5, 5.41) is 2.86. The van der Waals surface area contributed by atoms with Gasteiger partial charge in [0.25, 0.3) is 5.91 Å². The third kappa shape index (κ3) is 2.70. The van der Waals surface area contributed by atoms with Gasteiger partial charge < -0.3 is 10.1 Å². The van der Waals surface area contributed by atoms with Gasteiger partial charge in [-0.25, -0.2) is 0 Å². The van der Waals surface area contributed by atoms with E-state index in [-0.39, 0.29) is 6.29 Å². The highest BCUT2D eigenvalue weighted by atomic mass is 35.5. The van der Waals surface area contributed by atoms with E-state index in [0.29, 0.717) is 16.5 Å². The molecule has 80 valence electrons. The Bertz CT molecular complexity index is 404. The first-order valence-electron chi connectivity index (χ1n) is 4.18. The minimum atomic E-state index is -0.742. The highest BCUT2D eigenvalue weighted by Gasteiger charge is 2.09. The summed E-state index contributed by atoms with van der Waals surface area (Å²) >= 11 is 5.87. The molecule has 1 amide bonds. The number of amides is 1. The van der Waals surface area contributed by atoms with E-state index in [1.807, 2.05) is 6.92 Å². The van der Waals surface area contributed by atoms with Crippen LogP contribution in [0.25, 0.3) is 0 Å². The average molecular weight is 228 g/mol. The van der Waals surface area contributed by atoms with E-state index in [1.165, 1.54) is 13.2 Å². The molecule has 0 fully saturated rings. The lowest BCUT2D eigenvalue weighted by atomic mass is 10.2. The molecule has 0 aromatic heterocycles. The number of hydrogen-bond donors (Lipinski definition) is 1. The Kier molecular flexibility index (Phi) is 3.68. The summed E-state index contributed by atoms with van der Waals surface area (Å²) in [4.78, 5) is 21.0. The maximum Gasteiger partial charge on any atom is 0.288 e. The van der Waals surface area contributed by atoms with Crippen LogP contribution in [0.15, 0.2) is 12.1 Å². The molecule has 1 rings (SSSR count). The monoisotopic (exact) mass is 227 g/mol. The lowest BCUT2D eigenvalue weighted by molar-refractivity contribution is -0.127. The van der Waals surface area contributed by atoms with Crippen molar-refractivity contribution in [3.05, 3.63) is 22.7 Å². The van der Waals surface area contributed by atoms with Crippen molar-refractivity contribution in [3.8, 4) is 5.75 Å². The average Bonchev–Trinajstić information content (AvgIpc) is 2.22. The first-order valence-corrected chi connectivity index (χ1v) is 4.56. The highest BCUT2D eigenvalue weighted by molar-refractivity contribution is 6.32. The summed E-state index contributed by atoms with van der Waals surface area (Å²) in [6.45, 7) is 1.82. The molecular weight excluding hydrogens is 218 g/mol. The molecule has 0 aliphatic carbocycles. The van der Waals surface area contributed by atoms with Crippen molar-refractivity contribution in [2.24, 2.45) is 0 Å². The number of aldehydes is 1. The summed E-state index contributed by atoms with van der Waals surface area (Å²) in [5.74, 6) is -0.277. The number of halogens is 1. The molecule has 0 bridgehead atoms. The van der Waals surface area contributed by atoms with Gasteiger partial charge in [0.1, 0.15) is 5.75 Å². The number of carbonyl (C=O) groups excluding carboxylic acids is 2. The number of methoxy groups -OCH3 is 1. The van der Waals surface area contributed by atoms with Crippen LogP contribution in [0.3, 0.4) is 0 Å². The fourth-order valence-electron chi connectivity index (χ4n) is 1.08. The van der Waals surface area contributed by atoms with Crippen LogP contribution in [-0.2, 0) is 9.59 Å². The summed E-state index contributed by atoms with van der Waals surface area (Å²) in [6, 6.07) is 3.22. The largest absolute Gasteiger partial charge is 0.495 e. The Balaban J connectivity index is 3.10. The molecule has 0 saturated heterocycles. The van der Waals surface area contributed by atoms with Gasteiger partial charge in [-0.2, -0.15) is 0 Å². The van der Waals surface area contributed by atoms with Crippen LogP contribution < -0.4 is 10.1 Å². The summed E-state index contributed by atoms with van der Waals surface area (Å²) in [6.07, 6.45) is 0.188. The number of anilines is 1. The van der Waals surface area contributed by atoms with Crippen LogP contribution in [0.4, 0.5) is 5.69 Å². The molecule has 1 aromatic rings. The number of carbonyl (C=O) groups is 2. The minimum Gasteiger partial charge on any atom is -0.495 e. The van der Waals surface area contributed by atoms with Gasteiger partial charge in [0.2, 0.25) is 6.29 Å². The zero-order valence-electron chi connectivity index (χ0n) is 8.33. The van der Waals surface area contributed by atoms with Gasteiger partial charge in [-0.1, -0.05) is 11.6 Å². The molecule has 0 radical (unpaired) electrons. The van der Waals surface area contributed by atoms with Crippen molar-refractivity contribution in [2.45, 2.75) is 6.92 Å². The van der Waals surface area contributed by atoms with Crippen LogP contribution in [0.2, 0.25) is 5.02 Å². The van der Waals surface area contributed by atoms with Gasteiger partial charge in [0.05, 0.1) is 12.8 Å². The van der Waals surface area contributed by atoms with Crippen LogP contribution in [0.1, 0.15) is 5.56 Å². The molecular formula is C10H10ClNO3. The van der Waals surface area contributed by atoms with Gasteiger partial charge in [0.15, 0.2) is 0 Å². The van der Waals surface area contributed by atoms with E-state index >= 15 is 0 Å². The molecule has 15 heavy (non-hydrogen) atoms. The molecule has 0 atom stereocenters. The smallest absolute Gasteiger partial charge is 0.288 e. The van der Waals surface area contributed by atoms with E-state index in [2.05, 4.69) is 5.32 Å². The normalized spacial score (nSPS) is 9.53. The SMILES string of the molecule is COc1cc(C)c(Cl)cc1NC(=O)C=O. The number of rotatable bonds is 3. The predicted molar refractivity (Wildman–Crippen MR) is 57.4 cm³/mol. The third-order valence-electron chi connectivity index (χ3n) is 1.85. The molecule has 0 aliphatic heterocycles. The van der Waals surface area contributed by atoms with Crippen molar-refractivity contribution in [1.82, 2.24) is 0 Å². The number of ether oxygens (including phenoxy) is 1. The van der Waals surface area contributed by atoms with E-state index < -0.39 is 5.91 Å². The Morgan fingerprint density at radius 2 is 2.20 bits per heavy atom. The number of nitrogens with one attached hydrogen (secondary N) is 1. The lowest BCUT2D eigenvalue weighted by Crippen LogP contribution is -2.13. The van der Waals surface area contributed by atoms with Gasteiger partial charge in [0, 0.05) is 5.02 Å². The Morgan fingerprint density at radius 3 is 2.73 bits per heavy atom. The van der Waals surface area contributed by atoms with Gasteiger partial charge in [-0.3, -0.25) is 9.59 Å². The Hall–Kier alpha value is -1.55. The summed E-state index contributed by atoms with van der Waals surface area (Å²) in [7, 11) is 1.47. The second-order valence-electron chi connectivity index (χ2n) is 2.91. The third-order valence-corrected chi connectivity index (χ3v) is 2.25. The van der Waals surface area contributed by atoms with Crippen LogP contribution in [0, 0.1) is 6.92 Å². The number of benzene rings is 1. The van der Waals surface area contributed by atoms with Crippen LogP contribution in [-0.4, -0.2) is 19.3 Å². The molecule has 0 saturated carbocycles. The number of aryl methyl sites for hydroxylation is 1. The first-order chi connectivity index (χ1) is 7.08. The van der Waals surface area contributed by atoms with E-state index in [1.54, 1.807) is 6.07 Å². The molecule has 4 nitrogen and oxygen atoms in total. The minimum absolute atomic E-state index is 0.188. The van der Waals surface area contributed by atoms with E-state index in [4.69, 9.17) is 16.3 Å². The predicted octanol–water partition coefficient (Wildman–Crippen LogP) is 1.79. The fourth-order valence-corrected chi connectivity index (χ4v) is 1.25. The van der Waals surface area contributed by atoms with Crippen molar-refractivity contribution >= 4 is 29.5 Å². The standard InChI is InChI=1S/C10H10ClNO3/c1-6-3-9(15-2)8(4-7(6)11)12-10(14)5-13/h3-5H,1-2H3,(H,12,14). The van der Waals surface area contributed by atoms with Crippen molar-refractivity contribution in [2.75, 3.05) is 12.4 Å².